The fourth-order valence-corrected chi connectivity index (χ4v) is 3.70. The number of amides is 2. The molecule has 0 bridgehead atoms. The predicted molar refractivity (Wildman–Crippen MR) is 111 cm³/mol. The molecule has 2 N–H and O–H groups in total. The van der Waals surface area contributed by atoms with Crippen LogP contribution in [0.2, 0.25) is 0 Å². The Balaban J connectivity index is 1.72. The quantitative estimate of drug-likeness (QED) is 0.743. The summed E-state index contributed by atoms with van der Waals surface area (Å²) in [6, 6.07) is 13.4. The number of methoxy groups -OCH3 is 3. The summed E-state index contributed by atoms with van der Waals surface area (Å²) >= 11 is 0. The molecule has 0 unspecified atom stereocenters. The third kappa shape index (κ3) is 4.74. The van der Waals surface area contributed by atoms with E-state index in [1.807, 2.05) is 18.2 Å². The largest absolute Gasteiger partial charge is 0.493 e. The van der Waals surface area contributed by atoms with Crippen molar-refractivity contribution in [3.05, 3.63) is 48.0 Å². The van der Waals surface area contributed by atoms with E-state index in [1.165, 1.54) is 26.9 Å². The Bertz CT molecular complexity index is 794. The third-order valence-corrected chi connectivity index (χ3v) is 5.35. The first-order valence-electron chi connectivity index (χ1n) is 9.60. The van der Waals surface area contributed by atoms with E-state index >= 15 is 0 Å². The number of ether oxygens (including phenoxy) is 4. The summed E-state index contributed by atoms with van der Waals surface area (Å²) in [5.41, 5.74) is 1.64. The van der Waals surface area contributed by atoms with Crippen LogP contribution in [0.3, 0.4) is 0 Å². The molecule has 0 aromatic heterocycles. The fourth-order valence-electron chi connectivity index (χ4n) is 3.70. The second-order valence-electron chi connectivity index (χ2n) is 6.98. The zero-order valence-electron chi connectivity index (χ0n) is 17.1. The van der Waals surface area contributed by atoms with E-state index in [-0.39, 0.29) is 11.4 Å². The highest BCUT2D eigenvalue weighted by Crippen LogP contribution is 2.40. The van der Waals surface area contributed by atoms with E-state index < -0.39 is 0 Å². The highest BCUT2D eigenvalue weighted by Gasteiger charge is 2.34. The molecule has 2 aromatic rings. The topological polar surface area (TPSA) is 78.1 Å². The van der Waals surface area contributed by atoms with Gasteiger partial charge in [-0.3, -0.25) is 0 Å². The Hall–Kier alpha value is -2.93. The summed E-state index contributed by atoms with van der Waals surface area (Å²) < 4.78 is 21.5. The van der Waals surface area contributed by atoms with Gasteiger partial charge in [-0.25, -0.2) is 4.79 Å². The van der Waals surface area contributed by atoms with Crippen molar-refractivity contribution in [3.63, 3.8) is 0 Å². The number of benzene rings is 2. The van der Waals surface area contributed by atoms with Crippen molar-refractivity contribution in [1.82, 2.24) is 5.32 Å². The Kier molecular flexibility index (Phi) is 6.82. The van der Waals surface area contributed by atoms with Crippen molar-refractivity contribution >= 4 is 11.7 Å². The molecule has 1 saturated heterocycles. The molecule has 2 aromatic carbocycles. The number of rotatable bonds is 7. The molecule has 1 fully saturated rings. The molecule has 156 valence electrons. The van der Waals surface area contributed by atoms with E-state index in [9.17, 15) is 4.79 Å². The van der Waals surface area contributed by atoms with Crippen LogP contribution in [0.5, 0.6) is 17.2 Å². The van der Waals surface area contributed by atoms with Gasteiger partial charge in [-0.2, -0.15) is 0 Å². The Morgan fingerprint density at radius 2 is 1.62 bits per heavy atom. The summed E-state index contributed by atoms with van der Waals surface area (Å²) in [7, 11) is 4.61. The van der Waals surface area contributed by atoms with Gasteiger partial charge >= 0.3 is 6.03 Å². The SMILES string of the molecule is COc1cc(NC(=O)NCC2(c3ccccc3)CCOCC2)cc(OC)c1OC. The van der Waals surface area contributed by atoms with Gasteiger partial charge in [0.25, 0.3) is 0 Å². The van der Waals surface area contributed by atoms with Crippen molar-refractivity contribution in [3.8, 4) is 17.2 Å². The molecule has 1 aliphatic heterocycles. The molecular weight excluding hydrogens is 372 g/mol. The lowest BCUT2D eigenvalue weighted by Crippen LogP contribution is -2.45. The Labute approximate surface area is 171 Å². The second kappa shape index (κ2) is 9.52. The van der Waals surface area contributed by atoms with Crippen LogP contribution in [0.25, 0.3) is 0 Å². The molecule has 0 spiro atoms. The van der Waals surface area contributed by atoms with Gasteiger partial charge in [0, 0.05) is 37.3 Å². The zero-order chi connectivity index (χ0) is 20.7. The maximum atomic E-state index is 12.6. The average Bonchev–Trinajstić information content (AvgIpc) is 2.78. The summed E-state index contributed by atoms with van der Waals surface area (Å²) in [6.45, 7) is 1.90. The van der Waals surface area contributed by atoms with Gasteiger partial charge in [-0.1, -0.05) is 30.3 Å². The van der Waals surface area contributed by atoms with Crippen LogP contribution in [0.15, 0.2) is 42.5 Å². The first kappa shape index (κ1) is 20.8. The van der Waals surface area contributed by atoms with Crippen LogP contribution in [-0.4, -0.2) is 47.1 Å². The van der Waals surface area contributed by atoms with Gasteiger partial charge in [0.05, 0.1) is 27.0 Å². The molecule has 0 saturated carbocycles. The fraction of sp³-hybridized carbons (Fsp3) is 0.409. The number of carbonyl (C=O) groups is 1. The average molecular weight is 400 g/mol. The zero-order valence-corrected chi connectivity index (χ0v) is 17.1. The molecule has 29 heavy (non-hydrogen) atoms. The highest BCUT2D eigenvalue weighted by molar-refractivity contribution is 5.90. The van der Waals surface area contributed by atoms with Gasteiger partial charge < -0.3 is 29.6 Å². The van der Waals surface area contributed by atoms with Crippen molar-refractivity contribution in [2.45, 2.75) is 18.3 Å². The monoisotopic (exact) mass is 400 g/mol. The lowest BCUT2D eigenvalue weighted by molar-refractivity contribution is 0.0508. The minimum Gasteiger partial charge on any atom is -0.493 e. The van der Waals surface area contributed by atoms with E-state index in [4.69, 9.17) is 18.9 Å². The molecule has 3 rings (SSSR count). The molecule has 7 heteroatoms. The molecule has 1 heterocycles. The van der Waals surface area contributed by atoms with Gasteiger partial charge in [0.15, 0.2) is 11.5 Å². The summed E-state index contributed by atoms with van der Waals surface area (Å²) in [4.78, 5) is 12.6. The van der Waals surface area contributed by atoms with E-state index in [2.05, 4.69) is 22.8 Å². The van der Waals surface area contributed by atoms with E-state index in [1.54, 1.807) is 12.1 Å². The number of anilines is 1. The third-order valence-electron chi connectivity index (χ3n) is 5.35. The lowest BCUT2D eigenvalue weighted by Gasteiger charge is -2.38. The Morgan fingerprint density at radius 1 is 1.00 bits per heavy atom. The molecule has 0 aliphatic carbocycles. The van der Waals surface area contributed by atoms with Gasteiger partial charge in [0.2, 0.25) is 5.75 Å². The number of nitrogens with one attached hydrogen (secondary N) is 2. The predicted octanol–water partition coefficient (Wildman–Crippen LogP) is 3.58. The van der Waals surface area contributed by atoms with Crippen LogP contribution in [0, 0.1) is 0 Å². The van der Waals surface area contributed by atoms with Crippen LogP contribution < -0.4 is 24.8 Å². The van der Waals surface area contributed by atoms with Gasteiger partial charge in [-0.15, -0.1) is 0 Å². The minimum atomic E-state index is -0.291. The number of hydrogen-bond acceptors (Lipinski definition) is 5. The first-order valence-corrected chi connectivity index (χ1v) is 9.60. The van der Waals surface area contributed by atoms with E-state index in [0.29, 0.717) is 42.7 Å². The van der Waals surface area contributed by atoms with Crippen molar-refractivity contribution < 1.29 is 23.7 Å². The van der Waals surface area contributed by atoms with Gasteiger partial charge in [-0.05, 0) is 18.4 Å². The summed E-state index contributed by atoms with van der Waals surface area (Å²) in [5, 5.41) is 5.88. The minimum absolute atomic E-state index is 0.133. The maximum Gasteiger partial charge on any atom is 0.319 e. The van der Waals surface area contributed by atoms with Crippen molar-refractivity contribution in [1.29, 1.82) is 0 Å². The number of hydrogen-bond donors (Lipinski definition) is 2. The van der Waals surface area contributed by atoms with Crippen LogP contribution in [0.1, 0.15) is 18.4 Å². The highest BCUT2D eigenvalue weighted by atomic mass is 16.5. The smallest absolute Gasteiger partial charge is 0.319 e. The first-order chi connectivity index (χ1) is 14.1. The number of urea groups is 1. The normalized spacial score (nSPS) is 15.3. The molecule has 7 nitrogen and oxygen atoms in total. The van der Waals surface area contributed by atoms with Crippen LogP contribution >= 0.6 is 0 Å². The van der Waals surface area contributed by atoms with Gasteiger partial charge in [0.1, 0.15) is 0 Å². The van der Waals surface area contributed by atoms with Crippen molar-refractivity contribution in [2.24, 2.45) is 0 Å². The van der Waals surface area contributed by atoms with Crippen LogP contribution in [0.4, 0.5) is 10.5 Å². The summed E-state index contributed by atoms with van der Waals surface area (Å²) in [5.74, 6) is 1.44. The molecule has 0 radical (unpaired) electrons. The molecule has 1 aliphatic rings. The maximum absolute atomic E-state index is 12.6. The molecule has 0 atom stereocenters. The molecule has 2 amide bonds. The lowest BCUT2D eigenvalue weighted by atomic mass is 9.74. The van der Waals surface area contributed by atoms with E-state index in [0.717, 1.165) is 12.8 Å². The molecular formula is C22H28N2O5. The summed E-state index contributed by atoms with van der Waals surface area (Å²) in [6.07, 6.45) is 1.73. The number of carbonyl (C=O) groups excluding carboxylic acids is 1. The standard InChI is InChI=1S/C22H28N2O5/c1-26-18-13-17(14-19(27-2)20(18)28-3)24-21(25)23-15-22(9-11-29-12-10-22)16-7-5-4-6-8-16/h4-8,13-14H,9-12,15H2,1-3H3,(H2,23,24,25). The second-order valence-corrected chi connectivity index (χ2v) is 6.98. The van der Waals surface area contributed by atoms with Crippen LogP contribution in [-0.2, 0) is 10.2 Å². The Morgan fingerprint density at radius 3 is 2.17 bits per heavy atom. The van der Waals surface area contributed by atoms with Crippen molar-refractivity contribution in [2.75, 3.05) is 46.4 Å².